The maximum Gasteiger partial charge on any atom is 0.416 e. The van der Waals surface area contributed by atoms with E-state index in [-0.39, 0.29) is 12.5 Å². The first-order valence-electron chi connectivity index (χ1n) is 13.9. The molecule has 0 unspecified atom stereocenters. The molecule has 0 aliphatic carbocycles. The zero-order chi connectivity index (χ0) is 29.7. The maximum atomic E-state index is 13.9. The van der Waals surface area contributed by atoms with Crippen LogP contribution in [0.25, 0.3) is 11.1 Å². The van der Waals surface area contributed by atoms with Crippen LogP contribution in [0.2, 0.25) is 0 Å². The molecule has 42 heavy (non-hydrogen) atoms. The highest BCUT2D eigenvalue weighted by molar-refractivity contribution is 6.06. The number of rotatable bonds is 9. The van der Waals surface area contributed by atoms with Crippen molar-refractivity contribution in [1.29, 1.82) is 0 Å². The minimum Gasteiger partial charge on any atom is -0.496 e. The van der Waals surface area contributed by atoms with E-state index in [2.05, 4.69) is 15.7 Å². The highest BCUT2D eigenvalue weighted by atomic mass is 19.4. The second-order valence-electron chi connectivity index (χ2n) is 10.5. The van der Waals surface area contributed by atoms with Crippen molar-refractivity contribution in [2.45, 2.75) is 25.6 Å². The van der Waals surface area contributed by atoms with Gasteiger partial charge in [0.25, 0.3) is 5.91 Å². The molecule has 0 spiro atoms. The van der Waals surface area contributed by atoms with Crippen LogP contribution in [-0.4, -0.2) is 53.9 Å². The third-order valence-corrected chi connectivity index (χ3v) is 7.45. The Bertz CT molecular complexity index is 1540. The van der Waals surface area contributed by atoms with Crippen LogP contribution in [-0.2, 0) is 32.6 Å². The molecule has 1 aromatic heterocycles. The average Bonchev–Trinajstić information content (AvgIpc) is 3.42. The van der Waals surface area contributed by atoms with Crippen molar-refractivity contribution in [3.63, 3.8) is 0 Å². The molecular weight excluding hydrogens is 543 g/mol. The van der Waals surface area contributed by atoms with Crippen LogP contribution in [0.15, 0.2) is 73.1 Å². The van der Waals surface area contributed by atoms with E-state index in [1.54, 1.807) is 41.2 Å². The summed E-state index contributed by atoms with van der Waals surface area (Å²) >= 11 is 0. The lowest BCUT2D eigenvalue weighted by molar-refractivity contribution is -0.138. The van der Waals surface area contributed by atoms with E-state index in [0.29, 0.717) is 41.0 Å². The molecule has 3 aromatic carbocycles. The van der Waals surface area contributed by atoms with Crippen LogP contribution in [0.5, 0.6) is 5.75 Å². The Hall–Kier alpha value is -4.15. The second-order valence-corrected chi connectivity index (χ2v) is 10.5. The largest absolute Gasteiger partial charge is 0.496 e. The van der Waals surface area contributed by atoms with Gasteiger partial charge in [-0.3, -0.25) is 14.4 Å². The van der Waals surface area contributed by atoms with Crippen LogP contribution in [0.3, 0.4) is 0 Å². The van der Waals surface area contributed by atoms with Crippen molar-refractivity contribution >= 4 is 11.6 Å². The lowest BCUT2D eigenvalue weighted by Crippen LogP contribution is -2.43. The molecule has 0 radical (unpaired) electrons. The quantitative estimate of drug-likeness (QED) is 0.273. The number of hydrogen-bond donors (Lipinski definition) is 2. The summed E-state index contributed by atoms with van der Waals surface area (Å²) in [5, 5.41) is 10.3. The summed E-state index contributed by atoms with van der Waals surface area (Å²) in [4.78, 5) is 15.2. The number of aryl methyl sites for hydroxylation is 3. The monoisotopic (exact) mass is 577 g/mol. The topological polar surface area (TPSA) is 71.4 Å². The van der Waals surface area contributed by atoms with E-state index in [0.717, 1.165) is 42.9 Å². The normalized spacial score (nSPS) is 14.1. The first-order valence-corrected chi connectivity index (χ1v) is 13.9. The van der Waals surface area contributed by atoms with Gasteiger partial charge >= 0.3 is 6.18 Å². The van der Waals surface area contributed by atoms with Crippen LogP contribution >= 0.6 is 0 Å². The van der Waals surface area contributed by atoms with Gasteiger partial charge in [-0.15, -0.1) is 0 Å². The van der Waals surface area contributed by atoms with Crippen molar-refractivity contribution in [1.82, 2.24) is 20.0 Å². The molecule has 2 N–H and O–H groups in total. The maximum absolute atomic E-state index is 13.9. The zero-order valence-electron chi connectivity index (χ0n) is 23.7. The summed E-state index contributed by atoms with van der Waals surface area (Å²) in [6, 6.07) is 17.4. The Morgan fingerprint density at radius 2 is 1.76 bits per heavy atom. The number of methoxy groups -OCH3 is 1. The van der Waals surface area contributed by atoms with Crippen LogP contribution in [0, 0.1) is 0 Å². The van der Waals surface area contributed by atoms with Crippen LogP contribution < -0.4 is 15.4 Å². The Labute approximate surface area is 243 Å². The molecule has 1 aliphatic heterocycles. The van der Waals surface area contributed by atoms with E-state index in [1.165, 1.54) is 13.2 Å². The molecule has 10 heteroatoms. The summed E-state index contributed by atoms with van der Waals surface area (Å²) in [6.45, 7) is 3.32. The molecular formula is C32H34F3N5O2. The molecule has 1 aliphatic rings. The number of aromatic nitrogens is 2. The molecule has 1 amide bonds. The van der Waals surface area contributed by atoms with E-state index >= 15 is 0 Å². The zero-order valence-corrected chi connectivity index (χ0v) is 23.7. The van der Waals surface area contributed by atoms with Gasteiger partial charge in [-0.1, -0.05) is 30.3 Å². The predicted octanol–water partition coefficient (Wildman–Crippen LogP) is 5.56. The summed E-state index contributed by atoms with van der Waals surface area (Å²) in [5.41, 5.74) is 4.04. The minimum atomic E-state index is -4.42. The Morgan fingerprint density at radius 1 is 1.00 bits per heavy atom. The number of amides is 1. The first-order chi connectivity index (χ1) is 20.2. The van der Waals surface area contributed by atoms with Gasteiger partial charge in [-0.25, -0.2) is 0 Å². The highest BCUT2D eigenvalue weighted by Gasteiger charge is 2.34. The molecule has 1 saturated heterocycles. The third-order valence-electron chi connectivity index (χ3n) is 7.45. The third kappa shape index (κ3) is 7.18. The van der Waals surface area contributed by atoms with Gasteiger partial charge in [-0.05, 0) is 65.4 Å². The van der Waals surface area contributed by atoms with Crippen molar-refractivity contribution in [2.24, 2.45) is 7.05 Å². The number of ether oxygens (including phenoxy) is 1. The fourth-order valence-corrected chi connectivity index (χ4v) is 5.21. The van der Waals surface area contributed by atoms with Crippen LogP contribution in [0.4, 0.5) is 18.9 Å². The van der Waals surface area contributed by atoms with E-state index in [4.69, 9.17) is 4.74 Å². The molecule has 0 bridgehead atoms. The van der Waals surface area contributed by atoms with Crippen molar-refractivity contribution < 1.29 is 22.7 Å². The fourth-order valence-electron chi connectivity index (χ4n) is 5.21. The summed E-state index contributed by atoms with van der Waals surface area (Å²) in [6.07, 6.45) is 0.178. The second kappa shape index (κ2) is 12.8. The molecule has 0 saturated carbocycles. The number of halogens is 3. The number of benzene rings is 3. The molecule has 0 atom stereocenters. The number of nitrogens with zero attached hydrogens (tertiary/aromatic N) is 3. The van der Waals surface area contributed by atoms with Crippen molar-refractivity contribution in [3.8, 4) is 16.9 Å². The van der Waals surface area contributed by atoms with E-state index in [1.807, 2.05) is 42.4 Å². The summed E-state index contributed by atoms with van der Waals surface area (Å²) in [5.74, 6) is 0.113. The molecule has 7 nitrogen and oxygen atoms in total. The lowest BCUT2D eigenvalue weighted by Gasteiger charge is -2.28. The standard InChI is InChI=1S/C32H34F3N5O2/c1-39-20-26(19-37-39)24-10-11-28(30(18-24)42-2)31(41)38-27-5-3-4-22(16-27)6-7-23-8-9-25(29(17-23)32(33,34)35)21-40-14-12-36-13-15-40/h3-5,8-11,16-20,36H,6-7,12-15,21H2,1-2H3,(H,38,41). The van der Waals surface area contributed by atoms with Gasteiger partial charge in [0.2, 0.25) is 0 Å². The lowest BCUT2D eigenvalue weighted by atomic mass is 9.98. The minimum absolute atomic E-state index is 0.287. The van der Waals surface area contributed by atoms with Gasteiger partial charge in [0.15, 0.2) is 0 Å². The first kappa shape index (κ1) is 29.3. The van der Waals surface area contributed by atoms with E-state index in [9.17, 15) is 18.0 Å². The summed E-state index contributed by atoms with van der Waals surface area (Å²) in [7, 11) is 3.35. The smallest absolute Gasteiger partial charge is 0.416 e. The Kier molecular flexibility index (Phi) is 8.94. The predicted molar refractivity (Wildman–Crippen MR) is 157 cm³/mol. The van der Waals surface area contributed by atoms with Gasteiger partial charge in [0.1, 0.15) is 5.75 Å². The number of anilines is 1. The fraction of sp³-hybridized carbons (Fsp3) is 0.312. The summed E-state index contributed by atoms with van der Waals surface area (Å²) < 4.78 is 49.0. The number of piperazine rings is 1. The van der Waals surface area contributed by atoms with Crippen molar-refractivity contribution in [3.05, 3.63) is 101 Å². The SMILES string of the molecule is COc1cc(-c2cnn(C)c2)ccc1C(=O)Nc1cccc(CCc2ccc(CN3CCNCC3)c(C(F)(F)F)c2)c1. The molecule has 220 valence electrons. The van der Waals surface area contributed by atoms with Gasteiger partial charge in [0, 0.05) is 57.2 Å². The van der Waals surface area contributed by atoms with Crippen molar-refractivity contribution in [2.75, 3.05) is 38.6 Å². The molecule has 2 heterocycles. The number of alkyl halides is 3. The molecule has 1 fully saturated rings. The molecule has 5 rings (SSSR count). The number of carbonyl (C=O) groups excluding carboxylic acids is 1. The number of carbonyl (C=O) groups is 1. The van der Waals surface area contributed by atoms with E-state index < -0.39 is 11.7 Å². The molecule has 4 aromatic rings. The van der Waals surface area contributed by atoms with Gasteiger partial charge < -0.3 is 15.4 Å². The number of nitrogens with one attached hydrogen (secondary N) is 2. The van der Waals surface area contributed by atoms with Crippen LogP contribution in [0.1, 0.15) is 32.6 Å². The number of hydrogen-bond acceptors (Lipinski definition) is 5. The Balaban J connectivity index is 1.25. The Morgan fingerprint density at radius 3 is 2.45 bits per heavy atom. The highest BCUT2D eigenvalue weighted by Crippen LogP contribution is 2.34. The van der Waals surface area contributed by atoms with Gasteiger partial charge in [0.05, 0.1) is 24.4 Å². The van der Waals surface area contributed by atoms with Gasteiger partial charge in [-0.2, -0.15) is 18.3 Å². The average molecular weight is 578 g/mol.